The molecule has 2 fully saturated rings. The van der Waals surface area contributed by atoms with E-state index in [1.165, 1.54) is 11.8 Å². The summed E-state index contributed by atoms with van der Waals surface area (Å²) in [5.74, 6) is -0.999. The zero-order chi connectivity index (χ0) is 14.8. The lowest BCUT2D eigenvalue weighted by Crippen LogP contribution is -2.41. The van der Waals surface area contributed by atoms with Crippen molar-refractivity contribution < 1.29 is 23.1 Å². The van der Waals surface area contributed by atoms with Crippen molar-refractivity contribution in [3.63, 3.8) is 0 Å². The molecule has 1 saturated carbocycles. The first kappa shape index (κ1) is 15.6. The molecule has 0 bridgehead atoms. The number of rotatable bonds is 5. The Hall–Kier alpha value is -0.760. The Morgan fingerprint density at radius 3 is 2.60 bits per heavy atom. The zero-order valence-corrected chi connectivity index (χ0v) is 12.7. The van der Waals surface area contributed by atoms with Gasteiger partial charge in [0.2, 0.25) is 5.91 Å². The fraction of sp³-hybridized carbons (Fsp3) is 0.833. The minimum absolute atomic E-state index is 0.00963. The van der Waals surface area contributed by atoms with Gasteiger partial charge in [0.25, 0.3) is 0 Å². The van der Waals surface area contributed by atoms with Gasteiger partial charge in [-0.25, -0.2) is 8.42 Å². The standard InChI is InChI=1S/C12H19NO5S2/c14-11(6-19-8-4-5-20(17,18)7-8)13-10-3-1-2-9(10)12(15)16/h8-10H,1-7H2,(H,13,14)(H,15,16). The van der Waals surface area contributed by atoms with Crippen LogP contribution in [-0.2, 0) is 19.4 Å². The summed E-state index contributed by atoms with van der Waals surface area (Å²) >= 11 is 1.35. The zero-order valence-electron chi connectivity index (χ0n) is 11.1. The normalized spacial score (nSPS) is 32.1. The summed E-state index contributed by atoms with van der Waals surface area (Å²) in [6.07, 6.45) is 2.72. The maximum absolute atomic E-state index is 11.8. The SMILES string of the molecule is O=C(CSC1CCS(=O)(=O)C1)NC1CCCC1C(=O)O. The van der Waals surface area contributed by atoms with Gasteiger partial charge in [0.1, 0.15) is 0 Å². The van der Waals surface area contributed by atoms with Crippen LogP contribution < -0.4 is 5.32 Å². The van der Waals surface area contributed by atoms with E-state index in [1.807, 2.05) is 0 Å². The highest BCUT2D eigenvalue weighted by Crippen LogP contribution is 2.27. The summed E-state index contributed by atoms with van der Waals surface area (Å²) in [4.78, 5) is 22.8. The molecular weight excluding hydrogens is 302 g/mol. The number of nitrogens with one attached hydrogen (secondary N) is 1. The number of hydrogen-bond donors (Lipinski definition) is 2. The molecule has 0 aromatic heterocycles. The molecule has 1 saturated heterocycles. The van der Waals surface area contributed by atoms with Crippen molar-refractivity contribution in [2.45, 2.75) is 37.0 Å². The van der Waals surface area contributed by atoms with Gasteiger partial charge in [-0.1, -0.05) is 6.42 Å². The summed E-state index contributed by atoms with van der Waals surface area (Å²) in [5, 5.41) is 11.8. The number of sulfone groups is 1. The van der Waals surface area contributed by atoms with Crippen molar-refractivity contribution in [1.29, 1.82) is 0 Å². The molecule has 3 atom stereocenters. The first-order valence-corrected chi connectivity index (χ1v) is 9.58. The van der Waals surface area contributed by atoms with Gasteiger partial charge in [0.05, 0.1) is 23.2 Å². The van der Waals surface area contributed by atoms with E-state index in [0.717, 1.165) is 6.42 Å². The molecule has 0 aromatic carbocycles. The van der Waals surface area contributed by atoms with Gasteiger partial charge in [0, 0.05) is 11.3 Å². The monoisotopic (exact) mass is 321 g/mol. The van der Waals surface area contributed by atoms with Crippen LogP contribution in [0.15, 0.2) is 0 Å². The highest BCUT2D eigenvalue weighted by atomic mass is 32.2. The Morgan fingerprint density at radius 2 is 2.00 bits per heavy atom. The molecule has 0 aromatic rings. The summed E-state index contributed by atoms with van der Waals surface area (Å²) in [7, 11) is -2.92. The number of carbonyl (C=O) groups is 2. The second-order valence-electron chi connectivity index (χ2n) is 5.39. The molecule has 2 aliphatic rings. The van der Waals surface area contributed by atoms with Crippen molar-refractivity contribution >= 4 is 33.5 Å². The smallest absolute Gasteiger partial charge is 0.308 e. The van der Waals surface area contributed by atoms with E-state index >= 15 is 0 Å². The van der Waals surface area contributed by atoms with E-state index in [0.29, 0.717) is 19.3 Å². The largest absolute Gasteiger partial charge is 0.481 e. The maximum atomic E-state index is 11.8. The molecule has 1 aliphatic heterocycles. The van der Waals surface area contributed by atoms with Gasteiger partial charge in [-0.05, 0) is 19.3 Å². The molecule has 3 unspecified atom stereocenters. The summed E-state index contributed by atoms with van der Waals surface area (Å²) in [6.45, 7) is 0. The van der Waals surface area contributed by atoms with Gasteiger partial charge in [-0.2, -0.15) is 0 Å². The summed E-state index contributed by atoms with van der Waals surface area (Å²) < 4.78 is 22.6. The van der Waals surface area contributed by atoms with Crippen molar-refractivity contribution in [2.75, 3.05) is 17.3 Å². The molecule has 1 aliphatic carbocycles. The first-order valence-electron chi connectivity index (χ1n) is 6.71. The number of carboxylic acids is 1. The van der Waals surface area contributed by atoms with Crippen LogP contribution in [-0.4, -0.2) is 54.0 Å². The second-order valence-corrected chi connectivity index (χ2v) is 8.90. The highest BCUT2D eigenvalue weighted by molar-refractivity contribution is 8.02. The van der Waals surface area contributed by atoms with E-state index in [4.69, 9.17) is 5.11 Å². The average molecular weight is 321 g/mol. The van der Waals surface area contributed by atoms with Crippen molar-refractivity contribution in [2.24, 2.45) is 5.92 Å². The quantitative estimate of drug-likeness (QED) is 0.754. The third kappa shape index (κ3) is 4.12. The van der Waals surface area contributed by atoms with Crippen LogP contribution in [0.5, 0.6) is 0 Å². The van der Waals surface area contributed by atoms with E-state index in [1.54, 1.807) is 0 Å². The fourth-order valence-corrected chi connectivity index (χ4v) is 6.22. The number of aliphatic carboxylic acids is 1. The lowest BCUT2D eigenvalue weighted by atomic mass is 10.0. The Balaban J connectivity index is 1.74. The van der Waals surface area contributed by atoms with Crippen LogP contribution in [0.25, 0.3) is 0 Å². The molecule has 114 valence electrons. The molecule has 0 radical (unpaired) electrons. The first-order chi connectivity index (χ1) is 9.37. The van der Waals surface area contributed by atoms with Crippen LogP contribution in [0, 0.1) is 5.92 Å². The molecule has 1 heterocycles. The minimum Gasteiger partial charge on any atom is -0.481 e. The molecule has 2 N–H and O–H groups in total. The lowest BCUT2D eigenvalue weighted by Gasteiger charge is -2.18. The van der Waals surface area contributed by atoms with Crippen molar-refractivity contribution in [1.82, 2.24) is 5.32 Å². The molecular formula is C12H19NO5S2. The predicted octanol–water partition coefficient (Wildman–Crippen LogP) is 0.276. The van der Waals surface area contributed by atoms with Gasteiger partial charge in [-0.15, -0.1) is 11.8 Å². The highest BCUT2D eigenvalue weighted by Gasteiger charge is 2.34. The van der Waals surface area contributed by atoms with Gasteiger partial charge < -0.3 is 10.4 Å². The Labute approximate surface area is 122 Å². The Bertz CT molecular complexity index is 490. The number of thioether (sulfide) groups is 1. The molecule has 1 amide bonds. The fourth-order valence-electron chi connectivity index (χ4n) is 2.76. The molecule has 2 rings (SSSR count). The predicted molar refractivity (Wildman–Crippen MR) is 76.4 cm³/mol. The molecule has 6 nitrogen and oxygen atoms in total. The lowest BCUT2D eigenvalue weighted by molar-refractivity contribution is -0.142. The van der Waals surface area contributed by atoms with Gasteiger partial charge >= 0.3 is 5.97 Å². The summed E-state index contributed by atoms with van der Waals surface area (Å²) in [6, 6.07) is -0.284. The molecule has 8 heteroatoms. The van der Waals surface area contributed by atoms with Gasteiger partial charge in [0.15, 0.2) is 9.84 Å². The van der Waals surface area contributed by atoms with Crippen LogP contribution in [0.4, 0.5) is 0 Å². The Kier molecular flexibility index (Phi) is 4.95. The van der Waals surface area contributed by atoms with Crippen LogP contribution in [0.1, 0.15) is 25.7 Å². The third-order valence-electron chi connectivity index (χ3n) is 3.82. The van der Waals surface area contributed by atoms with Crippen molar-refractivity contribution in [3.05, 3.63) is 0 Å². The topological polar surface area (TPSA) is 101 Å². The molecule has 0 spiro atoms. The number of amides is 1. The van der Waals surface area contributed by atoms with Crippen LogP contribution in [0.3, 0.4) is 0 Å². The summed E-state index contributed by atoms with van der Waals surface area (Å²) in [5.41, 5.74) is 0. The van der Waals surface area contributed by atoms with Crippen molar-refractivity contribution in [3.8, 4) is 0 Å². The van der Waals surface area contributed by atoms with Crippen LogP contribution >= 0.6 is 11.8 Å². The van der Waals surface area contributed by atoms with E-state index in [-0.39, 0.29) is 34.5 Å². The van der Waals surface area contributed by atoms with E-state index in [2.05, 4.69) is 5.32 Å². The minimum atomic E-state index is -2.92. The Morgan fingerprint density at radius 1 is 1.25 bits per heavy atom. The van der Waals surface area contributed by atoms with E-state index < -0.39 is 21.7 Å². The number of hydrogen-bond acceptors (Lipinski definition) is 5. The van der Waals surface area contributed by atoms with Gasteiger partial charge in [-0.3, -0.25) is 9.59 Å². The molecule has 20 heavy (non-hydrogen) atoms. The van der Waals surface area contributed by atoms with E-state index in [9.17, 15) is 18.0 Å². The number of carbonyl (C=O) groups excluding carboxylic acids is 1. The third-order valence-corrected chi connectivity index (χ3v) is 7.10. The maximum Gasteiger partial charge on any atom is 0.308 e. The van der Waals surface area contributed by atoms with Crippen LogP contribution in [0.2, 0.25) is 0 Å². The number of carboxylic acid groups (broad SMARTS) is 1. The second kappa shape index (κ2) is 6.34. The average Bonchev–Trinajstić information content (AvgIpc) is 2.93.